The lowest BCUT2D eigenvalue weighted by Crippen LogP contribution is -2.42. The number of methoxy groups -OCH3 is 1. The first kappa shape index (κ1) is 27.6. The number of rotatable bonds is 13. The van der Waals surface area contributed by atoms with Gasteiger partial charge in [-0.1, -0.05) is 43.7 Å². The average molecular weight is 487 g/mol. The molecule has 1 heterocycles. The lowest BCUT2D eigenvalue weighted by Gasteiger charge is -2.25. The van der Waals surface area contributed by atoms with Crippen molar-refractivity contribution < 1.29 is 33.3 Å². The number of ether oxygens (including phenoxy) is 4. The molecule has 1 aromatic carbocycles. The molecular weight excluding hydrogens is 452 g/mol. The number of carbonyl (C=O) groups excluding carboxylic acids is 3. The van der Waals surface area contributed by atoms with Crippen LogP contribution >= 0.6 is 0 Å². The Bertz CT molecular complexity index is 981. The van der Waals surface area contributed by atoms with Gasteiger partial charge < -0.3 is 24.3 Å². The summed E-state index contributed by atoms with van der Waals surface area (Å²) in [6, 6.07) is 10.6. The number of benzene rings is 1. The lowest BCUT2D eigenvalue weighted by atomic mass is 9.90. The molecule has 190 valence electrons. The number of hydrogen-bond donors (Lipinski definition) is 1. The SMILES string of the molecule is CCC[C@@H](Cc1ccccc1)[C@H](C)OC(=O)[C@H](C)NC(=O)c1nccc(OC)c1OCOC(C)=O. The highest BCUT2D eigenvalue weighted by Gasteiger charge is 2.27. The molecule has 0 bridgehead atoms. The highest BCUT2D eigenvalue weighted by atomic mass is 16.7. The molecule has 0 aliphatic heterocycles. The predicted octanol–water partition coefficient (Wildman–Crippen LogP) is 3.70. The summed E-state index contributed by atoms with van der Waals surface area (Å²) in [6.07, 6.45) is 3.70. The summed E-state index contributed by atoms with van der Waals surface area (Å²) in [5, 5.41) is 2.59. The van der Waals surface area contributed by atoms with E-state index in [0.717, 1.165) is 19.3 Å². The summed E-state index contributed by atoms with van der Waals surface area (Å²) >= 11 is 0. The van der Waals surface area contributed by atoms with Crippen molar-refractivity contribution in [3.05, 3.63) is 53.9 Å². The van der Waals surface area contributed by atoms with Gasteiger partial charge in [-0.25, -0.2) is 9.78 Å². The van der Waals surface area contributed by atoms with Gasteiger partial charge in [0.15, 0.2) is 17.2 Å². The third-order valence-electron chi connectivity index (χ3n) is 5.44. The molecule has 2 aromatic rings. The van der Waals surface area contributed by atoms with Crippen LogP contribution in [-0.2, 0) is 25.5 Å². The number of nitrogens with one attached hydrogen (secondary N) is 1. The number of aromatic nitrogens is 1. The Balaban J connectivity index is 2.04. The molecule has 0 unspecified atom stereocenters. The number of pyridine rings is 1. The van der Waals surface area contributed by atoms with Crippen molar-refractivity contribution in [2.24, 2.45) is 5.92 Å². The van der Waals surface area contributed by atoms with Gasteiger partial charge >= 0.3 is 11.9 Å². The highest BCUT2D eigenvalue weighted by Crippen LogP contribution is 2.29. The molecule has 1 aromatic heterocycles. The van der Waals surface area contributed by atoms with Crippen LogP contribution in [0.25, 0.3) is 0 Å². The smallest absolute Gasteiger partial charge is 0.328 e. The Morgan fingerprint density at radius 1 is 1.09 bits per heavy atom. The third-order valence-corrected chi connectivity index (χ3v) is 5.44. The Hall–Kier alpha value is -3.62. The minimum absolute atomic E-state index is 0.00597. The van der Waals surface area contributed by atoms with E-state index in [1.165, 1.54) is 31.9 Å². The Morgan fingerprint density at radius 3 is 2.43 bits per heavy atom. The van der Waals surface area contributed by atoms with Crippen LogP contribution in [0.2, 0.25) is 0 Å². The van der Waals surface area contributed by atoms with Gasteiger partial charge in [0.1, 0.15) is 12.1 Å². The van der Waals surface area contributed by atoms with Gasteiger partial charge in [0.05, 0.1) is 7.11 Å². The van der Waals surface area contributed by atoms with E-state index in [4.69, 9.17) is 18.9 Å². The van der Waals surface area contributed by atoms with E-state index in [1.54, 1.807) is 6.92 Å². The van der Waals surface area contributed by atoms with Gasteiger partial charge in [-0.05, 0) is 38.2 Å². The van der Waals surface area contributed by atoms with Gasteiger partial charge in [0.2, 0.25) is 6.79 Å². The molecule has 0 saturated heterocycles. The van der Waals surface area contributed by atoms with Crippen molar-refractivity contribution in [3.8, 4) is 11.5 Å². The van der Waals surface area contributed by atoms with Crippen LogP contribution in [-0.4, -0.2) is 48.9 Å². The molecule has 0 fully saturated rings. The second-order valence-corrected chi connectivity index (χ2v) is 8.16. The number of esters is 2. The molecule has 9 heteroatoms. The second-order valence-electron chi connectivity index (χ2n) is 8.16. The molecule has 0 aliphatic carbocycles. The van der Waals surface area contributed by atoms with Crippen LogP contribution < -0.4 is 14.8 Å². The van der Waals surface area contributed by atoms with Crippen LogP contribution in [0, 0.1) is 5.92 Å². The Morgan fingerprint density at radius 2 is 1.80 bits per heavy atom. The molecule has 0 radical (unpaired) electrons. The maximum absolute atomic E-state index is 12.9. The van der Waals surface area contributed by atoms with E-state index in [2.05, 4.69) is 29.4 Å². The zero-order valence-corrected chi connectivity index (χ0v) is 20.9. The quantitative estimate of drug-likeness (QED) is 0.337. The van der Waals surface area contributed by atoms with E-state index in [9.17, 15) is 14.4 Å². The second kappa shape index (κ2) is 13.9. The summed E-state index contributed by atoms with van der Waals surface area (Å²) in [7, 11) is 1.40. The van der Waals surface area contributed by atoms with Gasteiger partial charge in [-0.2, -0.15) is 0 Å². The van der Waals surface area contributed by atoms with Crippen molar-refractivity contribution in [1.29, 1.82) is 0 Å². The van der Waals surface area contributed by atoms with E-state index in [-0.39, 0.29) is 29.2 Å². The Labute approximate surface area is 206 Å². The van der Waals surface area contributed by atoms with Gasteiger partial charge in [0, 0.05) is 19.2 Å². The minimum atomic E-state index is -0.932. The topological polar surface area (TPSA) is 113 Å². The van der Waals surface area contributed by atoms with Crippen molar-refractivity contribution in [2.75, 3.05) is 13.9 Å². The molecule has 0 saturated carbocycles. The largest absolute Gasteiger partial charge is 0.493 e. The van der Waals surface area contributed by atoms with Crippen molar-refractivity contribution in [3.63, 3.8) is 0 Å². The maximum Gasteiger partial charge on any atom is 0.328 e. The van der Waals surface area contributed by atoms with E-state index in [0.29, 0.717) is 0 Å². The van der Waals surface area contributed by atoms with Crippen LogP contribution in [0.15, 0.2) is 42.6 Å². The summed E-state index contributed by atoms with van der Waals surface area (Å²) < 4.78 is 21.1. The average Bonchev–Trinajstić information content (AvgIpc) is 2.84. The normalized spacial score (nSPS) is 13.2. The number of hydrogen-bond acceptors (Lipinski definition) is 8. The summed E-state index contributed by atoms with van der Waals surface area (Å²) in [4.78, 5) is 40.7. The monoisotopic (exact) mass is 486 g/mol. The molecule has 2 rings (SSSR count). The first-order valence-corrected chi connectivity index (χ1v) is 11.6. The molecule has 9 nitrogen and oxygen atoms in total. The molecular formula is C26H34N2O7. The van der Waals surface area contributed by atoms with Crippen LogP contribution in [0.5, 0.6) is 11.5 Å². The lowest BCUT2D eigenvalue weighted by molar-refractivity contribution is -0.153. The molecule has 1 N–H and O–H groups in total. The van der Waals surface area contributed by atoms with Crippen molar-refractivity contribution >= 4 is 17.8 Å². The number of amides is 1. The van der Waals surface area contributed by atoms with Gasteiger partial charge in [0.25, 0.3) is 5.91 Å². The van der Waals surface area contributed by atoms with Crippen molar-refractivity contribution in [2.45, 2.75) is 59.1 Å². The fourth-order valence-electron chi connectivity index (χ4n) is 3.56. The summed E-state index contributed by atoms with van der Waals surface area (Å²) in [5.74, 6) is -1.38. The van der Waals surface area contributed by atoms with E-state index in [1.807, 2.05) is 25.1 Å². The molecule has 1 amide bonds. The minimum Gasteiger partial charge on any atom is -0.493 e. The van der Waals surface area contributed by atoms with E-state index < -0.39 is 30.7 Å². The summed E-state index contributed by atoms with van der Waals surface area (Å²) in [5.41, 5.74) is 1.07. The first-order chi connectivity index (χ1) is 16.8. The van der Waals surface area contributed by atoms with Gasteiger partial charge in [-0.15, -0.1) is 0 Å². The summed E-state index contributed by atoms with van der Waals surface area (Å²) in [6.45, 7) is 6.32. The van der Waals surface area contributed by atoms with Crippen LogP contribution in [0.1, 0.15) is 56.6 Å². The van der Waals surface area contributed by atoms with Crippen molar-refractivity contribution in [1.82, 2.24) is 10.3 Å². The highest BCUT2D eigenvalue weighted by molar-refractivity contribution is 5.98. The number of carbonyl (C=O) groups is 3. The first-order valence-electron chi connectivity index (χ1n) is 11.6. The fraction of sp³-hybridized carbons (Fsp3) is 0.462. The number of nitrogens with zero attached hydrogens (tertiary/aromatic N) is 1. The fourth-order valence-corrected chi connectivity index (χ4v) is 3.56. The van der Waals surface area contributed by atoms with E-state index >= 15 is 0 Å². The molecule has 3 atom stereocenters. The zero-order valence-electron chi connectivity index (χ0n) is 20.9. The maximum atomic E-state index is 12.9. The van der Waals surface area contributed by atoms with Crippen LogP contribution in [0.3, 0.4) is 0 Å². The standard InChI is InChI=1S/C26H34N2O7/c1-6-10-21(15-20-11-8-7-9-12-20)18(3)35-26(31)17(2)28-25(30)23-24(34-16-33-19(4)29)22(32-5)13-14-27-23/h7-9,11-14,17-18,21H,6,10,15-16H2,1-5H3,(H,28,30)/t17-,18-,21-/m0/s1. The molecule has 0 spiro atoms. The Kier molecular flexibility index (Phi) is 11.0. The third kappa shape index (κ3) is 8.59. The molecule has 35 heavy (non-hydrogen) atoms. The van der Waals surface area contributed by atoms with Crippen LogP contribution in [0.4, 0.5) is 0 Å². The predicted molar refractivity (Wildman–Crippen MR) is 129 cm³/mol. The molecule has 0 aliphatic rings. The zero-order chi connectivity index (χ0) is 25.8. The van der Waals surface area contributed by atoms with Gasteiger partial charge in [-0.3, -0.25) is 9.59 Å².